The number of hydrogen-bond acceptors (Lipinski definition) is 4. The van der Waals surface area contributed by atoms with Gasteiger partial charge in [-0.15, -0.1) is 0 Å². The Labute approximate surface area is 153 Å². The lowest BCUT2D eigenvalue weighted by Crippen LogP contribution is -2.39. The molecule has 1 amide bonds. The number of rotatable bonds is 4. The van der Waals surface area contributed by atoms with Gasteiger partial charge in [-0.1, -0.05) is 50.7 Å². The number of anilines is 1. The Balaban J connectivity index is 2.15. The van der Waals surface area contributed by atoms with Crippen LogP contribution in [0, 0.1) is 0 Å². The molecule has 2 saturated heterocycles. The van der Waals surface area contributed by atoms with Gasteiger partial charge in [0, 0.05) is 17.4 Å². The summed E-state index contributed by atoms with van der Waals surface area (Å²) in [5.74, 6) is 0.126. The van der Waals surface area contributed by atoms with E-state index in [1.807, 2.05) is 11.0 Å². The number of aliphatic imine (C=N–C) groups is 1. The van der Waals surface area contributed by atoms with Crippen molar-refractivity contribution in [1.29, 1.82) is 0 Å². The van der Waals surface area contributed by atoms with Crippen molar-refractivity contribution in [3.63, 3.8) is 0 Å². The summed E-state index contributed by atoms with van der Waals surface area (Å²) in [6.07, 6.45) is 2.05. The number of sulfone groups is 1. The number of fused-ring (bicyclic) bond motifs is 1. The van der Waals surface area contributed by atoms with Gasteiger partial charge in [-0.2, -0.15) is 4.99 Å². The van der Waals surface area contributed by atoms with Crippen molar-refractivity contribution in [1.82, 2.24) is 0 Å². The second kappa shape index (κ2) is 7.11. The Kier molecular flexibility index (Phi) is 5.25. The lowest BCUT2D eigenvalue weighted by Gasteiger charge is -2.29. The van der Waals surface area contributed by atoms with Crippen molar-refractivity contribution < 1.29 is 13.2 Å². The van der Waals surface area contributed by atoms with Gasteiger partial charge in [-0.3, -0.25) is 4.79 Å². The van der Waals surface area contributed by atoms with Gasteiger partial charge in [0.1, 0.15) is 0 Å². The number of para-hydroxylation sites is 1. The molecule has 2 aliphatic rings. The molecule has 2 atom stereocenters. The lowest BCUT2D eigenvalue weighted by molar-refractivity contribution is -0.117. The molecule has 0 N–H and O–H groups in total. The maximum absolute atomic E-state index is 12.2. The molecule has 1 aromatic rings. The summed E-state index contributed by atoms with van der Waals surface area (Å²) in [6.45, 7) is 5.98. The van der Waals surface area contributed by atoms with E-state index in [4.69, 9.17) is 0 Å². The zero-order chi connectivity index (χ0) is 18.2. The molecule has 0 unspecified atom stereocenters. The molecule has 0 spiro atoms. The maximum atomic E-state index is 12.2. The van der Waals surface area contributed by atoms with E-state index in [2.05, 4.69) is 31.0 Å². The Morgan fingerprint density at radius 1 is 1.20 bits per heavy atom. The Hall–Kier alpha value is -1.34. The molecule has 0 aromatic heterocycles. The zero-order valence-corrected chi connectivity index (χ0v) is 16.5. The first kappa shape index (κ1) is 18.5. The number of nitrogens with zero attached hydrogens (tertiary/aromatic N) is 2. The van der Waals surface area contributed by atoms with Crippen LogP contribution >= 0.6 is 11.8 Å². The minimum atomic E-state index is -3.05. The van der Waals surface area contributed by atoms with E-state index in [0.29, 0.717) is 11.6 Å². The molecule has 5 nitrogen and oxygen atoms in total. The second-order valence-corrected chi connectivity index (χ2v) is 9.80. The van der Waals surface area contributed by atoms with E-state index in [1.165, 1.54) is 22.9 Å². The topological polar surface area (TPSA) is 66.8 Å². The standard InChI is InChI=1S/C18H24N2O3S2/c1-4-12-8-7-9-13(5-2)17(12)20-14-10-25(22,23)11-15(14)24-18(20)19-16(21)6-3/h7-9,14-15H,4-6,10-11H2,1-3H3/t14-,15+/m1/s1. The van der Waals surface area contributed by atoms with E-state index < -0.39 is 9.84 Å². The van der Waals surface area contributed by atoms with Gasteiger partial charge in [-0.05, 0) is 24.0 Å². The van der Waals surface area contributed by atoms with E-state index in [1.54, 1.807) is 6.92 Å². The van der Waals surface area contributed by atoms with Gasteiger partial charge in [0.05, 0.1) is 17.5 Å². The smallest absolute Gasteiger partial charge is 0.247 e. The molecule has 2 heterocycles. The van der Waals surface area contributed by atoms with Crippen LogP contribution in [-0.4, -0.2) is 42.3 Å². The molecule has 136 valence electrons. The van der Waals surface area contributed by atoms with Crippen LogP contribution in [0.5, 0.6) is 0 Å². The third kappa shape index (κ3) is 3.49. The van der Waals surface area contributed by atoms with Crippen LogP contribution in [0.15, 0.2) is 23.2 Å². The van der Waals surface area contributed by atoms with E-state index >= 15 is 0 Å². The first-order chi connectivity index (χ1) is 11.9. The van der Waals surface area contributed by atoms with Crippen molar-refractivity contribution >= 4 is 38.4 Å². The Morgan fingerprint density at radius 2 is 1.84 bits per heavy atom. The number of amidine groups is 1. The summed E-state index contributed by atoms with van der Waals surface area (Å²) in [6, 6.07) is 6.06. The van der Waals surface area contributed by atoms with E-state index in [9.17, 15) is 13.2 Å². The first-order valence-electron chi connectivity index (χ1n) is 8.78. The third-order valence-corrected chi connectivity index (χ3v) is 8.00. The predicted octanol–water partition coefficient (Wildman–Crippen LogP) is 2.82. The summed E-state index contributed by atoms with van der Waals surface area (Å²) in [5.41, 5.74) is 3.38. The highest BCUT2D eigenvalue weighted by Gasteiger charge is 2.50. The van der Waals surface area contributed by atoms with Crippen molar-refractivity contribution in [3.05, 3.63) is 29.3 Å². The Morgan fingerprint density at radius 3 is 2.40 bits per heavy atom. The fraction of sp³-hybridized carbons (Fsp3) is 0.556. The van der Waals surface area contributed by atoms with Crippen molar-refractivity contribution in [2.45, 2.75) is 51.3 Å². The average Bonchev–Trinajstić information content (AvgIpc) is 3.04. The highest BCUT2D eigenvalue weighted by molar-refractivity contribution is 8.16. The van der Waals surface area contributed by atoms with Crippen molar-refractivity contribution in [3.8, 4) is 0 Å². The van der Waals surface area contributed by atoms with Gasteiger partial charge in [0.25, 0.3) is 0 Å². The van der Waals surface area contributed by atoms with E-state index in [0.717, 1.165) is 18.5 Å². The van der Waals surface area contributed by atoms with E-state index in [-0.39, 0.29) is 28.7 Å². The minimum absolute atomic E-state index is 0.0528. The van der Waals surface area contributed by atoms with Crippen LogP contribution in [0.3, 0.4) is 0 Å². The average molecular weight is 381 g/mol. The number of hydrogen-bond donors (Lipinski definition) is 0. The summed E-state index contributed by atoms with van der Waals surface area (Å²) in [7, 11) is -3.05. The van der Waals surface area contributed by atoms with Crippen LogP contribution < -0.4 is 4.90 Å². The van der Waals surface area contributed by atoms with Crippen LogP contribution in [0.2, 0.25) is 0 Å². The molecule has 7 heteroatoms. The molecule has 2 fully saturated rings. The normalized spacial score (nSPS) is 26.2. The van der Waals surface area contributed by atoms with Crippen LogP contribution in [0.4, 0.5) is 5.69 Å². The predicted molar refractivity (Wildman–Crippen MR) is 104 cm³/mol. The molecule has 0 saturated carbocycles. The van der Waals surface area contributed by atoms with Gasteiger partial charge < -0.3 is 4.90 Å². The molecular formula is C18H24N2O3S2. The third-order valence-electron chi connectivity index (χ3n) is 4.80. The summed E-state index contributed by atoms with van der Waals surface area (Å²) >= 11 is 1.44. The molecule has 0 aliphatic carbocycles. The fourth-order valence-electron chi connectivity index (χ4n) is 3.54. The number of amides is 1. The molecule has 25 heavy (non-hydrogen) atoms. The monoisotopic (exact) mass is 380 g/mol. The second-order valence-electron chi connectivity index (χ2n) is 6.44. The molecule has 0 bridgehead atoms. The zero-order valence-electron chi connectivity index (χ0n) is 14.9. The van der Waals surface area contributed by atoms with Crippen molar-refractivity contribution in [2.75, 3.05) is 16.4 Å². The molecule has 0 radical (unpaired) electrons. The van der Waals surface area contributed by atoms with Crippen LogP contribution in [0.25, 0.3) is 0 Å². The molecule has 3 rings (SSSR count). The van der Waals surface area contributed by atoms with Crippen molar-refractivity contribution in [2.24, 2.45) is 4.99 Å². The maximum Gasteiger partial charge on any atom is 0.247 e. The van der Waals surface area contributed by atoms with Gasteiger partial charge in [0.2, 0.25) is 5.91 Å². The number of thioether (sulfide) groups is 1. The largest absolute Gasteiger partial charge is 0.315 e. The molecule has 1 aromatic carbocycles. The fourth-order valence-corrected chi connectivity index (χ4v) is 7.45. The number of carbonyl (C=O) groups excluding carboxylic acids is 1. The van der Waals surface area contributed by atoms with Gasteiger partial charge in [0.15, 0.2) is 15.0 Å². The summed E-state index contributed by atoms with van der Waals surface area (Å²) in [4.78, 5) is 18.3. The summed E-state index contributed by atoms with van der Waals surface area (Å²) in [5, 5.41) is 0.607. The van der Waals surface area contributed by atoms with Gasteiger partial charge >= 0.3 is 0 Å². The minimum Gasteiger partial charge on any atom is -0.315 e. The Bertz CT molecular complexity index is 795. The first-order valence-corrected chi connectivity index (χ1v) is 11.5. The highest BCUT2D eigenvalue weighted by atomic mass is 32.2. The van der Waals surface area contributed by atoms with Crippen LogP contribution in [0.1, 0.15) is 38.3 Å². The quantitative estimate of drug-likeness (QED) is 0.803. The van der Waals surface area contributed by atoms with Gasteiger partial charge in [-0.25, -0.2) is 8.42 Å². The molecule has 2 aliphatic heterocycles. The summed E-state index contributed by atoms with van der Waals surface area (Å²) < 4.78 is 24.3. The number of aryl methyl sites for hydroxylation is 2. The highest BCUT2D eigenvalue weighted by Crippen LogP contribution is 2.43. The number of carbonyl (C=O) groups is 1. The van der Waals surface area contributed by atoms with Crippen LogP contribution in [-0.2, 0) is 27.5 Å². The lowest BCUT2D eigenvalue weighted by atomic mass is 10.0. The number of benzene rings is 1. The molecular weight excluding hydrogens is 356 g/mol. The SMILES string of the molecule is CCC(=O)N=C1S[C@H]2CS(=O)(=O)C[C@H]2N1c1c(CC)cccc1CC.